The summed E-state index contributed by atoms with van der Waals surface area (Å²) in [5.41, 5.74) is 1.38. The van der Waals surface area contributed by atoms with E-state index in [1.165, 1.54) is 15.6 Å². The fraction of sp³-hybridized carbons (Fsp3) is 0.500. The van der Waals surface area contributed by atoms with E-state index in [2.05, 4.69) is 47.2 Å². The highest BCUT2D eigenvalue weighted by atomic mass is 32.1. The van der Waals surface area contributed by atoms with E-state index in [1.54, 1.807) is 11.3 Å². The Bertz CT molecular complexity index is 637. The topological polar surface area (TPSA) is 41.1 Å². The highest BCUT2D eigenvalue weighted by Crippen LogP contribution is 2.26. The predicted molar refractivity (Wildman–Crippen MR) is 93.3 cm³/mol. The van der Waals surface area contributed by atoms with Gasteiger partial charge in [0.05, 0.1) is 0 Å². The van der Waals surface area contributed by atoms with Crippen molar-refractivity contribution >= 4 is 27.3 Å². The Kier molecular flexibility index (Phi) is 5.11. The molecule has 3 rings (SSSR count). The number of hydrogen-bond donors (Lipinski definition) is 2. The van der Waals surface area contributed by atoms with Crippen LogP contribution in [-0.2, 0) is 11.2 Å². The molecule has 1 saturated heterocycles. The Hall–Kier alpha value is -1.39. The standard InChI is InChI=1S/C18H24N2OS/c1-13-9-10-19-11-16(13)20-18(21)8-4-5-14-12-22-17-7-3-2-6-15(14)17/h2-3,6-7,12-13,16,19H,4-5,8-11H2,1H3,(H,20,21). The quantitative estimate of drug-likeness (QED) is 0.888. The number of amides is 1. The summed E-state index contributed by atoms with van der Waals surface area (Å²) in [4.78, 5) is 12.1. The molecule has 1 aromatic heterocycles. The van der Waals surface area contributed by atoms with E-state index in [-0.39, 0.29) is 5.91 Å². The van der Waals surface area contributed by atoms with Crippen LogP contribution in [0.3, 0.4) is 0 Å². The van der Waals surface area contributed by atoms with Crippen molar-refractivity contribution in [2.75, 3.05) is 13.1 Å². The van der Waals surface area contributed by atoms with Crippen LogP contribution in [0.2, 0.25) is 0 Å². The number of nitrogens with one attached hydrogen (secondary N) is 2. The number of benzene rings is 1. The fourth-order valence-corrected chi connectivity index (χ4v) is 4.12. The summed E-state index contributed by atoms with van der Waals surface area (Å²) in [7, 11) is 0. The molecule has 4 heteroatoms. The highest BCUT2D eigenvalue weighted by Gasteiger charge is 2.22. The molecule has 1 aromatic carbocycles. The molecule has 1 aliphatic rings. The second-order valence-corrected chi connectivity index (χ2v) is 7.17. The first-order valence-corrected chi connectivity index (χ1v) is 9.07. The van der Waals surface area contributed by atoms with Crippen molar-refractivity contribution < 1.29 is 4.79 Å². The number of carbonyl (C=O) groups excluding carboxylic acids is 1. The van der Waals surface area contributed by atoms with E-state index in [1.807, 2.05) is 0 Å². The number of piperidine rings is 1. The minimum absolute atomic E-state index is 0.195. The van der Waals surface area contributed by atoms with Crippen LogP contribution >= 0.6 is 11.3 Å². The SMILES string of the molecule is CC1CCNCC1NC(=O)CCCc1csc2ccccc12. The molecule has 1 amide bonds. The van der Waals surface area contributed by atoms with Crippen LogP contribution in [-0.4, -0.2) is 25.0 Å². The summed E-state index contributed by atoms with van der Waals surface area (Å²) in [6.07, 6.45) is 3.66. The lowest BCUT2D eigenvalue weighted by Gasteiger charge is -2.30. The van der Waals surface area contributed by atoms with E-state index in [0.29, 0.717) is 18.4 Å². The molecule has 0 bridgehead atoms. The molecule has 0 aliphatic carbocycles. The summed E-state index contributed by atoms with van der Waals surface area (Å²) < 4.78 is 1.34. The highest BCUT2D eigenvalue weighted by molar-refractivity contribution is 7.17. The molecule has 118 valence electrons. The van der Waals surface area contributed by atoms with Gasteiger partial charge in [0.1, 0.15) is 0 Å². The summed E-state index contributed by atoms with van der Waals surface area (Å²) in [5, 5.41) is 10.1. The Labute approximate surface area is 136 Å². The van der Waals surface area contributed by atoms with Crippen molar-refractivity contribution in [1.82, 2.24) is 10.6 Å². The lowest BCUT2D eigenvalue weighted by molar-refractivity contribution is -0.122. The van der Waals surface area contributed by atoms with Gasteiger partial charge >= 0.3 is 0 Å². The van der Waals surface area contributed by atoms with Crippen LogP contribution in [0.5, 0.6) is 0 Å². The van der Waals surface area contributed by atoms with Crippen molar-refractivity contribution in [3.63, 3.8) is 0 Å². The van der Waals surface area contributed by atoms with Gasteiger partial charge in [0.25, 0.3) is 0 Å². The van der Waals surface area contributed by atoms with Crippen LogP contribution in [0, 0.1) is 5.92 Å². The van der Waals surface area contributed by atoms with Gasteiger partial charge in [-0.1, -0.05) is 25.1 Å². The smallest absolute Gasteiger partial charge is 0.220 e. The Morgan fingerprint density at radius 3 is 3.14 bits per heavy atom. The van der Waals surface area contributed by atoms with Crippen molar-refractivity contribution in [2.24, 2.45) is 5.92 Å². The third-order valence-electron chi connectivity index (χ3n) is 4.59. The molecule has 2 heterocycles. The first kappa shape index (κ1) is 15.5. The molecular weight excluding hydrogens is 292 g/mol. The maximum Gasteiger partial charge on any atom is 0.220 e. The normalized spacial score (nSPS) is 21.9. The first-order valence-electron chi connectivity index (χ1n) is 8.19. The molecule has 2 N–H and O–H groups in total. The monoisotopic (exact) mass is 316 g/mol. The lowest BCUT2D eigenvalue weighted by Crippen LogP contribution is -2.50. The molecule has 0 radical (unpaired) electrons. The summed E-state index contributed by atoms with van der Waals surface area (Å²) in [6.45, 7) is 4.20. The predicted octanol–water partition coefficient (Wildman–Crippen LogP) is 3.34. The summed E-state index contributed by atoms with van der Waals surface area (Å²) in [5.74, 6) is 0.770. The van der Waals surface area contributed by atoms with E-state index in [9.17, 15) is 4.79 Å². The average molecular weight is 316 g/mol. The van der Waals surface area contributed by atoms with Crippen LogP contribution in [0.15, 0.2) is 29.6 Å². The number of rotatable bonds is 5. The maximum absolute atomic E-state index is 12.1. The van der Waals surface area contributed by atoms with Gasteiger partial charge in [-0.05, 0) is 54.1 Å². The van der Waals surface area contributed by atoms with Gasteiger partial charge in [0, 0.05) is 23.7 Å². The van der Waals surface area contributed by atoms with E-state index in [4.69, 9.17) is 0 Å². The van der Waals surface area contributed by atoms with Crippen molar-refractivity contribution in [3.05, 3.63) is 35.2 Å². The number of carbonyl (C=O) groups is 1. The van der Waals surface area contributed by atoms with Crippen molar-refractivity contribution in [1.29, 1.82) is 0 Å². The number of fused-ring (bicyclic) bond motifs is 1. The summed E-state index contributed by atoms with van der Waals surface area (Å²) in [6, 6.07) is 8.80. The zero-order valence-corrected chi connectivity index (χ0v) is 13.9. The lowest BCUT2D eigenvalue weighted by atomic mass is 9.94. The van der Waals surface area contributed by atoms with Crippen molar-refractivity contribution in [2.45, 2.75) is 38.6 Å². The second-order valence-electron chi connectivity index (χ2n) is 6.25. The Balaban J connectivity index is 1.47. The van der Waals surface area contributed by atoms with Gasteiger partial charge in [-0.3, -0.25) is 4.79 Å². The molecule has 22 heavy (non-hydrogen) atoms. The molecular formula is C18H24N2OS. The molecule has 1 fully saturated rings. The second kappa shape index (κ2) is 7.25. The third kappa shape index (κ3) is 3.68. The molecule has 2 unspecified atom stereocenters. The van der Waals surface area contributed by atoms with E-state index in [0.717, 1.165) is 32.4 Å². The molecule has 2 aromatic rings. The molecule has 0 saturated carbocycles. The molecule has 0 spiro atoms. The van der Waals surface area contributed by atoms with Gasteiger partial charge in [-0.25, -0.2) is 0 Å². The zero-order valence-electron chi connectivity index (χ0n) is 13.1. The molecule has 3 nitrogen and oxygen atoms in total. The number of thiophene rings is 1. The maximum atomic E-state index is 12.1. The van der Waals surface area contributed by atoms with Gasteiger partial charge in [-0.15, -0.1) is 11.3 Å². The van der Waals surface area contributed by atoms with Crippen LogP contribution in [0.1, 0.15) is 31.7 Å². The molecule has 1 aliphatic heterocycles. The van der Waals surface area contributed by atoms with Gasteiger partial charge in [0.15, 0.2) is 0 Å². The number of aryl methyl sites for hydroxylation is 1. The van der Waals surface area contributed by atoms with Gasteiger partial charge in [-0.2, -0.15) is 0 Å². The Morgan fingerprint density at radius 2 is 2.27 bits per heavy atom. The van der Waals surface area contributed by atoms with Gasteiger partial charge in [0.2, 0.25) is 5.91 Å². The van der Waals surface area contributed by atoms with Crippen LogP contribution in [0.25, 0.3) is 10.1 Å². The largest absolute Gasteiger partial charge is 0.352 e. The number of hydrogen-bond acceptors (Lipinski definition) is 3. The third-order valence-corrected chi connectivity index (χ3v) is 5.60. The average Bonchev–Trinajstić information content (AvgIpc) is 2.93. The first-order chi connectivity index (χ1) is 10.7. The van der Waals surface area contributed by atoms with E-state index >= 15 is 0 Å². The summed E-state index contributed by atoms with van der Waals surface area (Å²) >= 11 is 1.79. The van der Waals surface area contributed by atoms with Crippen LogP contribution < -0.4 is 10.6 Å². The van der Waals surface area contributed by atoms with E-state index < -0.39 is 0 Å². The Morgan fingerprint density at radius 1 is 1.41 bits per heavy atom. The zero-order chi connectivity index (χ0) is 15.4. The minimum Gasteiger partial charge on any atom is -0.352 e. The van der Waals surface area contributed by atoms with Crippen LogP contribution in [0.4, 0.5) is 0 Å². The fourth-order valence-electron chi connectivity index (χ4n) is 3.13. The van der Waals surface area contributed by atoms with Crippen molar-refractivity contribution in [3.8, 4) is 0 Å². The minimum atomic E-state index is 0.195. The van der Waals surface area contributed by atoms with Gasteiger partial charge < -0.3 is 10.6 Å². The molecule has 2 atom stereocenters.